The fourth-order valence-electron chi connectivity index (χ4n) is 4.35. The van der Waals surface area contributed by atoms with Gasteiger partial charge in [-0.25, -0.2) is 0 Å². The molecule has 138 valence electrons. The normalized spacial score (nSPS) is 25.3. The van der Waals surface area contributed by atoms with E-state index in [9.17, 15) is 4.79 Å². The Morgan fingerprint density at radius 1 is 1.12 bits per heavy atom. The summed E-state index contributed by atoms with van der Waals surface area (Å²) in [4.78, 5) is 14.8. The summed E-state index contributed by atoms with van der Waals surface area (Å²) < 4.78 is 10.7. The molecule has 2 saturated heterocycles. The minimum Gasteiger partial charge on any atom is -0.472 e. The molecule has 1 aromatic carbocycles. The average molecular weight is 354 g/mol. The van der Waals surface area contributed by atoms with Crippen molar-refractivity contribution in [2.75, 3.05) is 6.61 Å². The third-order valence-corrected chi connectivity index (χ3v) is 5.54. The molecule has 1 N–H and O–H groups in total. The van der Waals surface area contributed by atoms with Gasteiger partial charge in [0, 0.05) is 30.2 Å². The molecule has 2 aromatic rings. The van der Waals surface area contributed by atoms with Gasteiger partial charge in [-0.05, 0) is 37.3 Å². The van der Waals surface area contributed by atoms with E-state index in [2.05, 4.69) is 10.2 Å². The maximum absolute atomic E-state index is 12.2. The van der Waals surface area contributed by atoms with Crippen molar-refractivity contribution in [2.24, 2.45) is 0 Å². The summed E-state index contributed by atoms with van der Waals surface area (Å²) in [6.45, 7) is 1.55. The monoisotopic (exact) mass is 354 g/mol. The van der Waals surface area contributed by atoms with Crippen LogP contribution >= 0.6 is 0 Å². The predicted octanol–water partition coefficient (Wildman–Crippen LogP) is 3.11. The Hall–Kier alpha value is -2.11. The van der Waals surface area contributed by atoms with E-state index < -0.39 is 0 Å². The molecule has 2 fully saturated rings. The van der Waals surface area contributed by atoms with Crippen LogP contribution in [-0.4, -0.2) is 35.5 Å². The first-order valence-corrected chi connectivity index (χ1v) is 9.46. The molecule has 1 aromatic heterocycles. The predicted molar refractivity (Wildman–Crippen MR) is 98.3 cm³/mol. The van der Waals surface area contributed by atoms with Crippen molar-refractivity contribution in [2.45, 2.75) is 57.0 Å². The second kappa shape index (κ2) is 8.06. The minimum atomic E-state index is -0.00591. The minimum absolute atomic E-state index is 0.00591. The van der Waals surface area contributed by atoms with Crippen molar-refractivity contribution in [1.29, 1.82) is 0 Å². The number of nitrogens with zero attached hydrogens (tertiary/aromatic N) is 1. The summed E-state index contributed by atoms with van der Waals surface area (Å²) in [6, 6.07) is 13.4. The second-order valence-electron chi connectivity index (χ2n) is 7.40. The molecule has 26 heavy (non-hydrogen) atoms. The molecule has 0 spiro atoms. The number of carbonyl (C=O) groups is 1. The van der Waals surface area contributed by atoms with Crippen LogP contribution in [0, 0.1) is 0 Å². The summed E-state index contributed by atoms with van der Waals surface area (Å²) >= 11 is 0. The van der Waals surface area contributed by atoms with Crippen molar-refractivity contribution >= 4 is 5.91 Å². The number of hydrogen-bond acceptors (Lipinski definition) is 4. The lowest BCUT2D eigenvalue weighted by molar-refractivity contribution is -0.127. The first-order valence-electron chi connectivity index (χ1n) is 9.46. The van der Waals surface area contributed by atoms with Gasteiger partial charge in [0.2, 0.25) is 5.91 Å². The zero-order chi connectivity index (χ0) is 17.8. The van der Waals surface area contributed by atoms with Crippen LogP contribution in [0.2, 0.25) is 0 Å². The Bertz CT molecular complexity index is 687. The number of benzene rings is 1. The van der Waals surface area contributed by atoms with E-state index in [1.165, 1.54) is 18.4 Å². The van der Waals surface area contributed by atoms with Crippen LogP contribution in [0.4, 0.5) is 0 Å². The van der Waals surface area contributed by atoms with Crippen molar-refractivity contribution in [3.63, 3.8) is 0 Å². The van der Waals surface area contributed by atoms with Gasteiger partial charge in [0.1, 0.15) is 6.61 Å². The standard InChI is InChI=1S/C21H26N2O3/c24-21(15-26-13-16-4-2-1-3-5-16)22-18-10-19-6-7-20(11-18)23(19)12-17-8-9-25-14-17/h1-5,8-9,14,18-20H,6-7,10-13,15H2,(H,22,24). The fraction of sp³-hybridized carbons (Fsp3) is 0.476. The van der Waals surface area contributed by atoms with Crippen molar-refractivity contribution in [1.82, 2.24) is 10.2 Å². The van der Waals surface area contributed by atoms with E-state index in [0.29, 0.717) is 18.7 Å². The zero-order valence-electron chi connectivity index (χ0n) is 15.0. The molecular weight excluding hydrogens is 328 g/mol. The first-order chi connectivity index (χ1) is 12.8. The average Bonchev–Trinajstić information content (AvgIpc) is 3.23. The third-order valence-electron chi connectivity index (χ3n) is 5.54. The highest BCUT2D eigenvalue weighted by molar-refractivity contribution is 5.77. The number of hydrogen-bond donors (Lipinski definition) is 1. The number of rotatable bonds is 7. The van der Waals surface area contributed by atoms with E-state index >= 15 is 0 Å². The zero-order valence-corrected chi connectivity index (χ0v) is 15.0. The summed E-state index contributed by atoms with van der Waals surface area (Å²) in [5.41, 5.74) is 2.32. The van der Waals surface area contributed by atoms with E-state index in [4.69, 9.17) is 9.15 Å². The first kappa shape index (κ1) is 17.3. The fourth-order valence-corrected chi connectivity index (χ4v) is 4.35. The maximum atomic E-state index is 12.2. The summed E-state index contributed by atoms with van der Waals surface area (Å²) in [5.74, 6) is -0.00591. The SMILES string of the molecule is O=C(COCc1ccccc1)NC1CC2CCC(C1)N2Cc1ccoc1. The van der Waals surface area contributed by atoms with Crippen LogP contribution in [0.3, 0.4) is 0 Å². The molecule has 0 aliphatic carbocycles. The second-order valence-corrected chi connectivity index (χ2v) is 7.40. The highest BCUT2D eigenvalue weighted by Gasteiger charge is 2.40. The smallest absolute Gasteiger partial charge is 0.246 e. The van der Waals surface area contributed by atoms with Crippen LogP contribution in [0.5, 0.6) is 0 Å². The Balaban J connectivity index is 1.22. The van der Waals surface area contributed by atoms with Crippen LogP contribution in [-0.2, 0) is 22.7 Å². The van der Waals surface area contributed by atoms with Gasteiger partial charge >= 0.3 is 0 Å². The number of amides is 1. The quantitative estimate of drug-likeness (QED) is 0.830. The molecule has 3 heterocycles. The molecule has 2 aliphatic heterocycles. The van der Waals surface area contributed by atoms with Crippen LogP contribution < -0.4 is 5.32 Å². The van der Waals surface area contributed by atoms with Gasteiger partial charge in [-0.1, -0.05) is 30.3 Å². The highest BCUT2D eigenvalue weighted by Crippen LogP contribution is 2.36. The van der Waals surface area contributed by atoms with E-state index in [1.54, 1.807) is 6.26 Å². The molecule has 2 bridgehead atoms. The molecule has 4 rings (SSSR count). The highest BCUT2D eigenvalue weighted by atomic mass is 16.5. The molecule has 2 aliphatic rings. The van der Waals surface area contributed by atoms with Gasteiger partial charge < -0.3 is 14.5 Å². The number of piperidine rings is 1. The Kier molecular flexibility index (Phi) is 5.37. The van der Waals surface area contributed by atoms with Crippen LogP contribution in [0.1, 0.15) is 36.8 Å². The number of ether oxygens (including phenoxy) is 1. The molecule has 5 nitrogen and oxygen atoms in total. The van der Waals surface area contributed by atoms with Gasteiger partial charge in [0.15, 0.2) is 0 Å². The molecule has 2 atom stereocenters. The Morgan fingerprint density at radius 2 is 1.88 bits per heavy atom. The lowest BCUT2D eigenvalue weighted by atomic mass is 9.97. The van der Waals surface area contributed by atoms with Crippen molar-refractivity contribution < 1.29 is 13.9 Å². The lowest BCUT2D eigenvalue weighted by Gasteiger charge is -2.39. The van der Waals surface area contributed by atoms with Crippen LogP contribution in [0.25, 0.3) is 0 Å². The van der Waals surface area contributed by atoms with Gasteiger partial charge in [0.25, 0.3) is 0 Å². The number of fused-ring (bicyclic) bond motifs is 2. The van der Waals surface area contributed by atoms with Gasteiger partial charge in [-0.2, -0.15) is 0 Å². The molecule has 0 saturated carbocycles. The molecule has 0 radical (unpaired) electrons. The van der Waals surface area contributed by atoms with E-state index in [0.717, 1.165) is 24.9 Å². The number of carbonyl (C=O) groups excluding carboxylic acids is 1. The van der Waals surface area contributed by atoms with E-state index in [1.807, 2.05) is 42.7 Å². The van der Waals surface area contributed by atoms with E-state index in [-0.39, 0.29) is 18.6 Å². The van der Waals surface area contributed by atoms with Gasteiger partial charge in [-0.15, -0.1) is 0 Å². The third kappa shape index (κ3) is 4.17. The largest absolute Gasteiger partial charge is 0.472 e. The molecule has 1 amide bonds. The summed E-state index contributed by atoms with van der Waals surface area (Å²) in [5, 5.41) is 3.18. The Labute approximate surface area is 154 Å². The van der Waals surface area contributed by atoms with Crippen molar-refractivity contribution in [3.05, 3.63) is 60.1 Å². The van der Waals surface area contributed by atoms with Crippen LogP contribution in [0.15, 0.2) is 53.3 Å². The topological polar surface area (TPSA) is 54.7 Å². The number of furan rings is 1. The molecule has 5 heteroatoms. The molecular formula is C21H26N2O3. The maximum Gasteiger partial charge on any atom is 0.246 e. The van der Waals surface area contributed by atoms with Gasteiger partial charge in [0.05, 0.1) is 19.1 Å². The number of nitrogens with one attached hydrogen (secondary N) is 1. The lowest BCUT2D eigenvalue weighted by Crippen LogP contribution is -2.50. The van der Waals surface area contributed by atoms with Crippen molar-refractivity contribution in [3.8, 4) is 0 Å². The summed E-state index contributed by atoms with van der Waals surface area (Å²) in [6.07, 6.45) is 8.06. The van der Waals surface area contributed by atoms with Gasteiger partial charge in [-0.3, -0.25) is 9.69 Å². The summed E-state index contributed by atoms with van der Waals surface area (Å²) in [7, 11) is 0. The Morgan fingerprint density at radius 3 is 2.58 bits per heavy atom. The molecule has 2 unspecified atom stereocenters.